The summed E-state index contributed by atoms with van der Waals surface area (Å²) in [5.74, 6) is -0.826. The van der Waals surface area contributed by atoms with E-state index in [0.29, 0.717) is 21.4 Å². The fourth-order valence-corrected chi connectivity index (χ4v) is 4.75. The molecule has 1 aliphatic heterocycles. The molecule has 2 aromatic carbocycles. The number of ether oxygens (including phenoxy) is 1. The van der Waals surface area contributed by atoms with Gasteiger partial charge in [-0.25, -0.2) is 8.91 Å². The molecule has 2 aromatic heterocycles. The maximum Gasteiger partial charge on any atom is 0.250 e. The number of thiazole rings is 1. The number of nitrogens with zero attached hydrogens (tertiary/aromatic N) is 4. The van der Waals surface area contributed by atoms with E-state index in [9.17, 15) is 14.0 Å². The van der Waals surface area contributed by atoms with Crippen LogP contribution in [-0.4, -0.2) is 40.1 Å². The van der Waals surface area contributed by atoms with Crippen LogP contribution in [0.4, 0.5) is 16.0 Å². The van der Waals surface area contributed by atoms with Gasteiger partial charge in [0.15, 0.2) is 0 Å². The van der Waals surface area contributed by atoms with E-state index < -0.39 is 5.92 Å². The van der Waals surface area contributed by atoms with Crippen LogP contribution in [0.15, 0.2) is 47.8 Å². The van der Waals surface area contributed by atoms with Gasteiger partial charge in [0.2, 0.25) is 22.7 Å². The van der Waals surface area contributed by atoms with Crippen LogP contribution in [0.25, 0.3) is 16.2 Å². The Morgan fingerprint density at radius 3 is 2.82 bits per heavy atom. The summed E-state index contributed by atoms with van der Waals surface area (Å²) in [6, 6.07) is 11.0. The molecule has 0 radical (unpaired) electrons. The van der Waals surface area contributed by atoms with Crippen LogP contribution in [0.2, 0.25) is 5.02 Å². The Balaban J connectivity index is 1.34. The minimum atomic E-state index is -0.584. The predicted molar refractivity (Wildman–Crippen MR) is 123 cm³/mol. The lowest BCUT2D eigenvalue weighted by Gasteiger charge is -2.19. The molecule has 1 N–H and O–H groups in total. The first-order chi connectivity index (χ1) is 15.9. The third-order valence-electron chi connectivity index (χ3n) is 5.38. The molecule has 2 amide bonds. The molecule has 0 saturated carbocycles. The van der Waals surface area contributed by atoms with Crippen LogP contribution < -0.4 is 15.0 Å². The Hall–Kier alpha value is -3.50. The van der Waals surface area contributed by atoms with E-state index in [-0.39, 0.29) is 36.5 Å². The highest BCUT2D eigenvalue weighted by Gasteiger charge is 2.37. The number of amides is 2. The first-order valence-corrected chi connectivity index (χ1v) is 11.2. The number of nitrogens with one attached hydrogen (secondary N) is 1. The van der Waals surface area contributed by atoms with Gasteiger partial charge in [-0.3, -0.25) is 14.9 Å². The molecule has 0 aliphatic carbocycles. The molecule has 33 heavy (non-hydrogen) atoms. The van der Waals surface area contributed by atoms with Crippen LogP contribution in [-0.2, 0) is 9.59 Å². The number of aromatic nitrogens is 3. The molecule has 0 bridgehead atoms. The highest BCUT2D eigenvalue weighted by Crippen LogP contribution is 2.35. The summed E-state index contributed by atoms with van der Waals surface area (Å²) in [5.41, 5.74) is 2.03. The summed E-state index contributed by atoms with van der Waals surface area (Å²) < 4.78 is 20.2. The molecule has 1 fully saturated rings. The van der Waals surface area contributed by atoms with E-state index in [4.69, 9.17) is 16.3 Å². The van der Waals surface area contributed by atoms with Crippen molar-refractivity contribution >= 4 is 51.3 Å². The molecule has 8 nitrogen and oxygen atoms in total. The van der Waals surface area contributed by atoms with E-state index in [0.717, 1.165) is 11.3 Å². The lowest BCUT2D eigenvalue weighted by molar-refractivity contribution is -0.122. The monoisotopic (exact) mass is 485 g/mol. The largest absolute Gasteiger partial charge is 0.495 e. The third kappa shape index (κ3) is 4.03. The molecule has 1 saturated heterocycles. The van der Waals surface area contributed by atoms with Gasteiger partial charge in [-0.1, -0.05) is 11.6 Å². The number of carbonyl (C=O) groups is 2. The molecular formula is C22H17ClFN5O3S. The molecule has 11 heteroatoms. The molecule has 4 aromatic rings. The zero-order valence-corrected chi connectivity index (χ0v) is 18.9. The molecule has 1 unspecified atom stereocenters. The molecule has 5 rings (SSSR count). The summed E-state index contributed by atoms with van der Waals surface area (Å²) in [6.07, 6.45) is 0.0462. The number of benzene rings is 2. The van der Waals surface area contributed by atoms with Gasteiger partial charge in [0.25, 0.3) is 0 Å². The average molecular weight is 486 g/mol. The Kier molecular flexibility index (Phi) is 5.47. The molecule has 3 heterocycles. The SMILES string of the molecule is COc1ccc(Cl)cc1N1CC(C(=O)Nc2nc3scc(-c4ccc(F)cc4)n3n2)CC1=O. The third-order valence-corrected chi connectivity index (χ3v) is 6.44. The van der Waals surface area contributed by atoms with Gasteiger partial charge in [-0.15, -0.1) is 16.4 Å². The van der Waals surface area contributed by atoms with Gasteiger partial charge < -0.3 is 9.64 Å². The van der Waals surface area contributed by atoms with Crippen molar-refractivity contribution in [2.45, 2.75) is 6.42 Å². The van der Waals surface area contributed by atoms with Crippen LogP contribution in [0.1, 0.15) is 6.42 Å². The van der Waals surface area contributed by atoms with E-state index in [1.807, 2.05) is 5.38 Å². The highest BCUT2D eigenvalue weighted by molar-refractivity contribution is 7.15. The first kappa shape index (κ1) is 21.4. The van der Waals surface area contributed by atoms with Crippen molar-refractivity contribution < 1.29 is 18.7 Å². The number of hydrogen-bond donors (Lipinski definition) is 1. The van der Waals surface area contributed by atoms with Crippen LogP contribution in [0.5, 0.6) is 5.75 Å². The van der Waals surface area contributed by atoms with Crippen LogP contribution in [0.3, 0.4) is 0 Å². The Labute approximate surface area is 196 Å². The van der Waals surface area contributed by atoms with Gasteiger partial charge >= 0.3 is 0 Å². The van der Waals surface area contributed by atoms with Crippen molar-refractivity contribution in [2.75, 3.05) is 23.9 Å². The lowest BCUT2D eigenvalue weighted by Crippen LogP contribution is -2.28. The van der Waals surface area contributed by atoms with Gasteiger partial charge in [-0.05, 0) is 42.5 Å². The number of methoxy groups -OCH3 is 1. The molecule has 1 aliphatic rings. The van der Waals surface area contributed by atoms with E-state index in [1.54, 1.807) is 34.8 Å². The Morgan fingerprint density at radius 2 is 2.06 bits per heavy atom. The zero-order valence-electron chi connectivity index (χ0n) is 17.3. The van der Waals surface area contributed by atoms with Crippen molar-refractivity contribution in [3.63, 3.8) is 0 Å². The predicted octanol–water partition coefficient (Wildman–Crippen LogP) is 4.25. The number of rotatable bonds is 5. The van der Waals surface area contributed by atoms with Crippen molar-refractivity contribution in [3.8, 4) is 17.0 Å². The number of fused-ring (bicyclic) bond motifs is 1. The van der Waals surface area contributed by atoms with Crippen molar-refractivity contribution in [1.29, 1.82) is 0 Å². The summed E-state index contributed by atoms with van der Waals surface area (Å²) in [5, 5.41) is 9.41. The second-order valence-electron chi connectivity index (χ2n) is 7.47. The summed E-state index contributed by atoms with van der Waals surface area (Å²) >= 11 is 7.44. The maximum atomic E-state index is 13.2. The van der Waals surface area contributed by atoms with E-state index >= 15 is 0 Å². The molecule has 1 atom stereocenters. The van der Waals surface area contributed by atoms with Crippen molar-refractivity contribution in [3.05, 3.63) is 58.7 Å². The highest BCUT2D eigenvalue weighted by atomic mass is 35.5. The van der Waals surface area contributed by atoms with Gasteiger partial charge in [0.1, 0.15) is 11.6 Å². The van der Waals surface area contributed by atoms with Crippen LogP contribution in [0, 0.1) is 11.7 Å². The summed E-state index contributed by atoms with van der Waals surface area (Å²) in [7, 11) is 1.51. The molecule has 168 valence electrons. The first-order valence-electron chi connectivity index (χ1n) is 9.98. The minimum Gasteiger partial charge on any atom is -0.495 e. The van der Waals surface area contributed by atoms with E-state index in [2.05, 4.69) is 15.4 Å². The second kappa shape index (κ2) is 8.45. The van der Waals surface area contributed by atoms with E-state index in [1.165, 1.54) is 35.5 Å². The fraction of sp³-hybridized carbons (Fsp3) is 0.182. The Bertz CT molecular complexity index is 1370. The fourth-order valence-electron chi connectivity index (χ4n) is 3.76. The van der Waals surface area contributed by atoms with Gasteiger partial charge in [0.05, 0.1) is 24.4 Å². The standard InChI is InChI=1S/C22H17ClFN5O3S/c1-32-18-7-4-14(23)9-16(18)28-10-13(8-19(28)30)20(31)25-21-26-22-29(27-21)17(11-33-22)12-2-5-15(24)6-3-12/h2-7,9,11,13H,8,10H2,1H3,(H,25,27,31). The normalized spacial score (nSPS) is 15.9. The molecular weight excluding hydrogens is 469 g/mol. The topological polar surface area (TPSA) is 88.8 Å². The molecule has 0 spiro atoms. The summed E-state index contributed by atoms with van der Waals surface area (Å²) in [4.78, 5) is 31.9. The summed E-state index contributed by atoms with van der Waals surface area (Å²) in [6.45, 7) is 0.185. The van der Waals surface area contributed by atoms with Gasteiger partial charge in [0, 0.05) is 28.9 Å². The number of hydrogen-bond acceptors (Lipinski definition) is 6. The zero-order chi connectivity index (χ0) is 23.1. The Morgan fingerprint density at radius 1 is 1.27 bits per heavy atom. The quantitative estimate of drug-likeness (QED) is 0.456. The average Bonchev–Trinajstić information content (AvgIpc) is 3.48. The number of halogens is 2. The smallest absolute Gasteiger partial charge is 0.250 e. The minimum absolute atomic E-state index is 0.0462. The van der Waals surface area contributed by atoms with Crippen molar-refractivity contribution in [1.82, 2.24) is 14.6 Å². The maximum absolute atomic E-state index is 13.2. The number of anilines is 2. The van der Waals surface area contributed by atoms with Crippen molar-refractivity contribution in [2.24, 2.45) is 5.92 Å². The van der Waals surface area contributed by atoms with Crippen LogP contribution >= 0.6 is 22.9 Å². The lowest BCUT2D eigenvalue weighted by atomic mass is 10.1. The number of carbonyl (C=O) groups excluding carboxylic acids is 2. The second-order valence-corrected chi connectivity index (χ2v) is 8.74. The van der Waals surface area contributed by atoms with Gasteiger partial charge in [-0.2, -0.15) is 4.98 Å².